The number of ether oxygens (including phenoxy) is 4. The summed E-state index contributed by atoms with van der Waals surface area (Å²) in [5.74, 6) is 1.66. The molecule has 1 heterocycles. The van der Waals surface area contributed by atoms with Crippen molar-refractivity contribution in [1.29, 1.82) is 0 Å². The van der Waals surface area contributed by atoms with E-state index in [1.807, 2.05) is 42.5 Å². The van der Waals surface area contributed by atoms with Crippen LogP contribution in [-0.2, 0) is 9.53 Å². The highest BCUT2D eigenvalue weighted by Gasteiger charge is 2.23. The number of fused-ring (bicyclic) bond motifs is 1. The van der Waals surface area contributed by atoms with E-state index in [1.54, 1.807) is 45.6 Å². The van der Waals surface area contributed by atoms with Crippen LogP contribution in [-0.4, -0.2) is 27.3 Å². The molecular formula is C24H20O5. The number of rotatable bonds is 5. The predicted molar refractivity (Wildman–Crippen MR) is 112 cm³/mol. The Balaban J connectivity index is 1.77. The van der Waals surface area contributed by atoms with Crippen LogP contribution < -0.4 is 14.2 Å². The summed E-state index contributed by atoms with van der Waals surface area (Å²) in [5, 5.41) is 2.12. The fourth-order valence-corrected chi connectivity index (χ4v) is 3.43. The maximum atomic E-state index is 12.5. The standard InChI is InChI=1S/C24H20O5/c1-26-21-12-15(13-22(27-2)23(21)28-3)11-17-14-20(29-24(17)25)19-10-6-8-16-7-4-5-9-18(16)19/h4-14H,1-3H3/b17-11-. The fraction of sp³-hybridized carbons (Fsp3) is 0.125. The molecule has 0 spiro atoms. The van der Waals surface area contributed by atoms with E-state index < -0.39 is 5.97 Å². The van der Waals surface area contributed by atoms with Gasteiger partial charge in [-0.1, -0.05) is 42.5 Å². The van der Waals surface area contributed by atoms with Crippen LogP contribution in [0.1, 0.15) is 11.1 Å². The van der Waals surface area contributed by atoms with Gasteiger partial charge in [0.2, 0.25) is 5.75 Å². The highest BCUT2D eigenvalue weighted by molar-refractivity contribution is 6.07. The molecule has 5 heteroatoms. The number of benzene rings is 3. The molecule has 0 aromatic heterocycles. The smallest absolute Gasteiger partial charge is 0.343 e. The number of hydrogen-bond acceptors (Lipinski definition) is 5. The van der Waals surface area contributed by atoms with Crippen molar-refractivity contribution >= 4 is 28.6 Å². The van der Waals surface area contributed by atoms with Crippen LogP contribution in [0.4, 0.5) is 0 Å². The molecule has 0 aliphatic carbocycles. The van der Waals surface area contributed by atoms with Crippen LogP contribution >= 0.6 is 0 Å². The van der Waals surface area contributed by atoms with Gasteiger partial charge in [-0.3, -0.25) is 0 Å². The van der Waals surface area contributed by atoms with Gasteiger partial charge in [0.25, 0.3) is 0 Å². The van der Waals surface area contributed by atoms with Crippen molar-refractivity contribution < 1.29 is 23.7 Å². The zero-order valence-electron chi connectivity index (χ0n) is 16.4. The maximum absolute atomic E-state index is 12.5. The second-order valence-corrected chi connectivity index (χ2v) is 6.48. The maximum Gasteiger partial charge on any atom is 0.343 e. The number of carbonyl (C=O) groups is 1. The fourth-order valence-electron chi connectivity index (χ4n) is 3.43. The molecule has 0 atom stereocenters. The second kappa shape index (κ2) is 7.72. The summed E-state index contributed by atoms with van der Waals surface area (Å²) >= 11 is 0. The molecule has 146 valence electrons. The van der Waals surface area contributed by atoms with Gasteiger partial charge in [0.05, 0.1) is 26.9 Å². The van der Waals surface area contributed by atoms with Gasteiger partial charge in [-0.25, -0.2) is 4.79 Å². The van der Waals surface area contributed by atoms with E-state index >= 15 is 0 Å². The van der Waals surface area contributed by atoms with E-state index in [0.29, 0.717) is 28.6 Å². The van der Waals surface area contributed by atoms with Crippen LogP contribution in [0.3, 0.4) is 0 Å². The second-order valence-electron chi connectivity index (χ2n) is 6.48. The van der Waals surface area contributed by atoms with Gasteiger partial charge in [-0.15, -0.1) is 0 Å². The Morgan fingerprint density at radius 1 is 0.862 bits per heavy atom. The Kier molecular flexibility index (Phi) is 4.96. The molecule has 0 bridgehead atoms. The average Bonchev–Trinajstić information content (AvgIpc) is 3.12. The lowest BCUT2D eigenvalue weighted by atomic mass is 10.0. The molecule has 5 nitrogen and oxygen atoms in total. The zero-order valence-corrected chi connectivity index (χ0v) is 16.4. The Labute approximate surface area is 168 Å². The molecular weight excluding hydrogens is 368 g/mol. The molecule has 1 aliphatic heterocycles. The largest absolute Gasteiger partial charge is 0.493 e. The molecule has 0 saturated heterocycles. The lowest BCUT2D eigenvalue weighted by molar-refractivity contribution is -0.130. The summed E-state index contributed by atoms with van der Waals surface area (Å²) in [6.07, 6.45) is 3.50. The minimum atomic E-state index is -0.401. The van der Waals surface area contributed by atoms with Gasteiger partial charge < -0.3 is 18.9 Å². The number of esters is 1. The molecule has 0 saturated carbocycles. The van der Waals surface area contributed by atoms with Crippen molar-refractivity contribution in [2.45, 2.75) is 0 Å². The molecule has 0 radical (unpaired) electrons. The van der Waals surface area contributed by atoms with Gasteiger partial charge in [-0.05, 0) is 40.6 Å². The molecule has 29 heavy (non-hydrogen) atoms. The first-order valence-corrected chi connectivity index (χ1v) is 9.08. The van der Waals surface area contributed by atoms with Crippen molar-refractivity contribution in [3.05, 3.63) is 77.4 Å². The molecule has 0 amide bonds. The third-order valence-corrected chi connectivity index (χ3v) is 4.79. The van der Waals surface area contributed by atoms with Gasteiger partial charge in [0, 0.05) is 5.56 Å². The van der Waals surface area contributed by atoms with Crippen LogP contribution in [0.2, 0.25) is 0 Å². The van der Waals surface area contributed by atoms with E-state index in [-0.39, 0.29) is 0 Å². The monoisotopic (exact) mass is 388 g/mol. The zero-order chi connectivity index (χ0) is 20.4. The molecule has 0 unspecified atom stereocenters. The summed E-state index contributed by atoms with van der Waals surface area (Å²) in [4.78, 5) is 12.5. The van der Waals surface area contributed by atoms with Crippen LogP contribution in [0.15, 0.2) is 66.2 Å². The van der Waals surface area contributed by atoms with Crippen molar-refractivity contribution in [2.75, 3.05) is 21.3 Å². The normalized spacial score (nSPS) is 14.7. The van der Waals surface area contributed by atoms with Crippen molar-refractivity contribution in [3.63, 3.8) is 0 Å². The van der Waals surface area contributed by atoms with E-state index in [4.69, 9.17) is 18.9 Å². The van der Waals surface area contributed by atoms with E-state index in [2.05, 4.69) is 0 Å². The van der Waals surface area contributed by atoms with Crippen LogP contribution in [0, 0.1) is 0 Å². The van der Waals surface area contributed by atoms with Crippen LogP contribution in [0.25, 0.3) is 22.6 Å². The molecule has 1 aliphatic rings. The summed E-state index contributed by atoms with van der Waals surface area (Å²) in [6, 6.07) is 17.5. The Morgan fingerprint density at radius 2 is 1.55 bits per heavy atom. The minimum absolute atomic E-state index is 0.401. The van der Waals surface area contributed by atoms with Crippen molar-refractivity contribution in [3.8, 4) is 17.2 Å². The van der Waals surface area contributed by atoms with E-state index in [0.717, 1.165) is 21.9 Å². The first kappa shape index (κ1) is 18.6. The SMILES string of the molecule is COc1cc(/C=C2/C=C(c3cccc4ccccc34)OC2=O)cc(OC)c1OC. The van der Waals surface area contributed by atoms with Gasteiger partial charge in [0.15, 0.2) is 11.5 Å². The number of cyclic esters (lactones) is 1. The van der Waals surface area contributed by atoms with E-state index in [1.165, 1.54) is 0 Å². The van der Waals surface area contributed by atoms with Gasteiger partial charge >= 0.3 is 5.97 Å². The number of methoxy groups -OCH3 is 3. The number of hydrogen-bond donors (Lipinski definition) is 0. The third-order valence-electron chi connectivity index (χ3n) is 4.79. The lowest BCUT2D eigenvalue weighted by Gasteiger charge is -2.12. The minimum Gasteiger partial charge on any atom is -0.493 e. The first-order valence-electron chi connectivity index (χ1n) is 9.08. The summed E-state index contributed by atoms with van der Waals surface area (Å²) in [5.41, 5.74) is 2.06. The molecule has 4 rings (SSSR count). The Hall–Kier alpha value is -3.73. The summed E-state index contributed by atoms with van der Waals surface area (Å²) in [6.45, 7) is 0. The van der Waals surface area contributed by atoms with Crippen LogP contribution in [0.5, 0.6) is 17.2 Å². The van der Waals surface area contributed by atoms with Gasteiger partial charge in [0.1, 0.15) is 5.76 Å². The quantitative estimate of drug-likeness (QED) is 0.462. The lowest BCUT2D eigenvalue weighted by Crippen LogP contribution is -1.98. The van der Waals surface area contributed by atoms with E-state index in [9.17, 15) is 4.79 Å². The Bertz CT molecular complexity index is 1130. The summed E-state index contributed by atoms with van der Waals surface area (Å²) in [7, 11) is 4.65. The number of carbonyl (C=O) groups excluding carboxylic acids is 1. The molecule has 0 fully saturated rings. The topological polar surface area (TPSA) is 54.0 Å². The molecule has 3 aromatic rings. The molecule has 0 N–H and O–H groups in total. The summed E-state index contributed by atoms with van der Waals surface area (Å²) < 4.78 is 21.7. The highest BCUT2D eigenvalue weighted by Crippen LogP contribution is 2.39. The first-order chi connectivity index (χ1) is 14.1. The van der Waals surface area contributed by atoms with Crippen molar-refractivity contribution in [2.24, 2.45) is 0 Å². The third kappa shape index (κ3) is 3.43. The van der Waals surface area contributed by atoms with Crippen molar-refractivity contribution in [1.82, 2.24) is 0 Å². The van der Waals surface area contributed by atoms with Gasteiger partial charge in [-0.2, -0.15) is 0 Å². The predicted octanol–water partition coefficient (Wildman–Crippen LogP) is 4.85. The Morgan fingerprint density at radius 3 is 2.24 bits per heavy atom. The average molecular weight is 388 g/mol. The highest BCUT2D eigenvalue weighted by atomic mass is 16.5. The molecule has 3 aromatic carbocycles.